The summed E-state index contributed by atoms with van der Waals surface area (Å²) < 4.78 is 0. The van der Waals surface area contributed by atoms with Crippen LogP contribution >= 0.6 is 0 Å². The van der Waals surface area contributed by atoms with E-state index in [-0.39, 0.29) is 0 Å². The van der Waals surface area contributed by atoms with Gasteiger partial charge >= 0.3 is 0 Å². The molecule has 23 heavy (non-hydrogen) atoms. The molecule has 0 bridgehead atoms. The molecule has 0 atom stereocenters. The van der Waals surface area contributed by atoms with Crippen LogP contribution in [0.2, 0.25) is 0 Å². The Bertz CT molecular complexity index is 610. The first-order chi connectivity index (χ1) is 11.2. The van der Waals surface area contributed by atoms with Crippen LogP contribution < -0.4 is 16.0 Å². The third-order valence-electron chi connectivity index (χ3n) is 3.39. The van der Waals surface area contributed by atoms with E-state index in [4.69, 9.17) is 0 Å². The van der Waals surface area contributed by atoms with E-state index >= 15 is 0 Å². The molecule has 1 radical (unpaired) electrons. The third kappa shape index (κ3) is 4.27. The van der Waals surface area contributed by atoms with Crippen molar-refractivity contribution in [3.8, 4) is 0 Å². The lowest BCUT2D eigenvalue weighted by atomic mass is 10.2. The molecule has 0 aliphatic carbocycles. The Morgan fingerprint density at radius 2 is 0.739 bits per heavy atom. The molecular weight excluding hydrogens is 282 g/mol. The van der Waals surface area contributed by atoms with Crippen molar-refractivity contribution in [1.82, 2.24) is 0 Å². The lowest BCUT2D eigenvalue weighted by Crippen LogP contribution is -2.50. The molecule has 0 heterocycles. The van der Waals surface area contributed by atoms with Crippen LogP contribution in [0, 0.1) is 6.92 Å². The molecule has 0 unspecified atom stereocenters. The number of anilines is 3. The van der Waals surface area contributed by atoms with Gasteiger partial charge in [0.25, 0.3) is 0 Å². The van der Waals surface area contributed by atoms with Crippen molar-refractivity contribution in [3.05, 3.63) is 97.9 Å². The highest BCUT2D eigenvalue weighted by molar-refractivity contribution is 5.58. The summed E-state index contributed by atoms with van der Waals surface area (Å²) in [5.41, 5.74) is 2.94. The lowest BCUT2D eigenvalue weighted by Gasteiger charge is -2.35. The third-order valence-corrected chi connectivity index (χ3v) is 3.39. The first-order valence-corrected chi connectivity index (χ1v) is 7.59. The summed E-state index contributed by atoms with van der Waals surface area (Å²) in [5.74, 6) is -0.788. The van der Waals surface area contributed by atoms with Gasteiger partial charge in [-0.15, -0.1) is 0 Å². The standard InChI is InChI=1S/C20H20N3/c1-20(21-17-11-5-2-6-12-17,22-18-13-7-3-8-14-18)23-19-15-9-4-10-16-19/h2-16,21-23H,1H2. The molecule has 3 heteroatoms. The smallest absolute Gasteiger partial charge is 0.185 e. The second-order valence-corrected chi connectivity index (χ2v) is 5.38. The highest BCUT2D eigenvalue weighted by Gasteiger charge is 2.23. The second kappa shape index (κ2) is 6.88. The van der Waals surface area contributed by atoms with E-state index in [1.165, 1.54) is 0 Å². The van der Waals surface area contributed by atoms with Crippen LogP contribution in [0.25, 0.3) is 0 Å². The Morgan fingerprint density at radius 1 is 0.478 bits per heavy atom. The number of hydrogen-bond donors (Lipinski definition) is 3. The molecular formula is C20H20N3. The van der Waals surface area contributed by atoms with E-state index < -0.39 is 5.79 Å². The minimum atomic E-state index is -0.788. The van der Waals surface area contributed by atoms with Gasteiger partial charge in [-0.2, -0.15) is 0 Å². The van der Waals surface area contributed by atoms with Crippen molar-refractivity contribution in [1.29, 1.82) is 0 Å². The normalized spacial score (nSPS) is 10.8. The van der Waals surface area contributed by atoms with Gasteiger partial charge in [0.2, 0.25) is 0 Å². The maximum absolute atomic E-state index is 4.32. The average Bonchev–Trinajstić information content (AvgIpc) is 2.57. The SMILES string of the molecule is [CH2]C(Nc1ccccc1)(Nc1ccccc1)Nc1ccccc1. The molecule has 0 saturated carbocycles. The van der Waals surface area contributed by atoms with Gasteiger partial charge in [-0.3, -0.25) is 0 Å². The van der Waals surface area contributed by atoms with E-state index in [9.17, 15) is 0 Å². The van der Waals surface area contributed by atoms with Gasteiger partial charge in [-0.1, -0.05) is 54.6 Å². The predicted octanol–water partition coefficient (Wildman–Crippen LogP) is 4.81. The molecule has 0 fully saturated rings. The van der Waals surface area contributed by atoms with Gasteiger partial charge in [-0.05, 0) is 36.4 Å². The summed E-state index contributed by atoms with van der Waals surface area (Å²) in [6.45, 7) is 4.32. The molecule has 0 saturated heterocycles. The van der Waals surface area contributed by atoms with E-state index in [0.717, 1.165) is 17.1 Å². The molecule has 3 nitrogen and oxygen atoms in total. The summed E-state index contributed by atoms with van der Waals surface area (Å²) in [4.78, 5) is 0. The van der Waals surface area contributed by atoms with Crippen molar-refractivity contribution in [2.45, 2.75) is 5.79 Å². The van der Waals surface area contributed by atoms with Gasteiger partial charge in [0.15, 0.2) is 5.79 Å². The van der Waals surface area contributed by atoms with Gasteiger partial charge in [0.1, 0.15) is 0 Å². The topological polar surface area (TPSA) is 36.1 Å². The predicted molar refractivity (Wildman–Crippen MR) is 98.3 cm³/mol. The zero-order chi connectivity index (χ0) is 16.0. The molecule has 3 rings (SSSR count). The fourth-order valence-corrected chi connectivity index (χ4v) is 2.40. The maximum Gasteiger partial charge on any atom is 0.185 e. The van der Waals surface area contributed by atoms with Crippen LogP contribution in [0.15, 0.2) is 91.0 Å². The number of benzene rings is 3. The van der Waals surface area contributed by atoms with Crippen LogP contribution in [0.5, 0.6) is 0 Å². The molecule has 0 amide bonds. The van der Waals surface area contributed by atoms with Crippen molar-refractivity contribution in [2.75, 3.05) is 16.0 Å². The molecule has 0 aromatic heterocycles. The van der Waals surface area contributed by atoms with Crippen LogP contribution in [-0.4, -0.2) is 5.79 Å². The molecule has 0 aliphatic heterocycles. The molecule has 0 aliphatic rings. The highest BCUT2D eigenvalue weighted by atomic mass is 15.3. The van der Waals surface area contributed by atoms with Gasteiger partial charge in [-0.25, -0.2) is 0 Å². The van der Waals surface area contributed by atoms with Crippen LogP contribution in [0.3, 0.4) is 0 Å². The van der Waals surface area contributed by atoms with Crippen LogP contribution in [0.1, 0.15) is 0 Å². The minimum absolute atomic E-state index is 0.788. The van der Waals surface area contributed by atoms with Gasteiger partial charge < -0.3 is 16.0 Å². The summed E-state index contributed by atoms with van der Waals surface area (Å²) in [5, 5.41) is 10.3. The number of nitrogens with one attached hydrogen (secondary N) is 3. The number of para-hydroxylation sites is 3. The Morgan fingerprint density at radius 3 is 1.00 bits per heavy atom. The van der Waals surface area contributed by atoms with E-state index in [1.54, 1.807) is 0 Å². The molecule has 0 spiro atoms. The Balaban J connectivity index is 1.85. The van der Waals surface area contributed by atoms with E-state index in [0.29, 0.717) is 0 Å². The van der Waals surface area contributed by atoms with Gasteiger partial charge in [0.05, 0.1) is 0 Å². The van der Waals surface area contributed by atoms with Crippen molar-refractivity contribution in [2.24, 2.45) is 0 Å². The summed E-state index contributed by atoms with van der Waals surface area (Å²) in [6, 6.07) is 30.0. The zero-order valence-corrected chi connectivity index (χ0v) is 12.9. The number of hydrogen-bond acceptors (Lipinski definition) is 3. The van der Waals surface area contributed by atoms with Crippen molar-refractivity contribution >= 4 is 17.1 Å². The summed E-state index contributed by atoms with van der Waals surface area (Å²) in [7, 11) is 0. The average molecular weight is 302 g/mol. The zero-order valence-electron chi connectivity index (χ0n) is 12.9. The van der Waals surface area contributed by atoms with Gasteiger partial charge in [0, 0.05) is 24.0 Å². The number of rotatable bonds is 6. The first kappa shape index (κ1) is 15.0. The fraction of sp³-hybridized carbons (Fsp3) is 0.0500. The monoisotopic (exact) mass is 302 g/mol. The molecule has 115 valence electrons. The van der Waals surface area contributed by atoms with Crippen LogP contribution in [-0.2, 0) is 0 Å². The fourth-order valence-electron chi connectivity index (χ4n) is 2.40. The summed E-state index contributed by atoms with van der Waals surface area (Å²) >= 11 is 0. The molecule has 3 N–H and O–H groups in total. The van der Waals surface area contributed by atoms with Crippen molar-refractivity contribution < 1.29 is 0 Å². The Hall–Kier alpha value is -2.94. The second-order valence-electron chi connectivity index (χ2n) is 5.38. The molecule has 3 aromatic rings. The Labute approximate surface area is 137 Å². The minimum Gasteiger partial charge on any atom is -0.346 e. The highest BCUT2D eigenvalue weighted by Crippen LogP contribution is 2.21. The van der Waals surface area contributed by atoms with E-state index in [1.807, 2.05) is 91.0 Å². The quantitative estimate of drug-likeness (QED) is 0.572. The van der Waals surface area contributed by atoms with E-state index in [2.05, 4.69) is 22.9 Å². The Kier molecular flexibility index (Phi) is 4.48. The summed E-state index contributed by atoms with van der Waals surface area (Å²) in [6.07, 6.45) is 0. The van der Waals surface area contributed by atoms with Crippen molar-refractivity contribution in [3.63, 3.8) is 0 Å². The lowest BCUT2D eigenvalue weighted by molar-refractivity contribution is 0.746. The first-order valence-electron chi connectivity index (χ1n) is 7.59. The largest absolute Gasteiger partial charge is 0.346 e. The van der Waals surface area contributed by atoms with Crippen LogP contribution in [0.4, 0.5) is 17.1 Å². The molecule has 3 aromatic carbocycles. The maximum atomic E-state index is 4.32.